The second-order valence-electron chi connectivity index (χ2n) is 4.10. The number of aromatic nitrogens is 2. The predicted molar refractivity (Wildman–Crippen MR) is 69.6 cm³/mol. The summed E-state index contributed by atoms with van der Waals surface area (Å²) in [6.07, 6.45) is 4.47. The van der Waals surface area contributed by atoms with Gasteiger partial charge >= 0.3 is 0 Å². The van der Waals surface area contributed by atoms with E-state index in [0.29, 0.717) is 0 Å². The molecule has 2 aromatic rings. The Morgan fingerprint density at radius 1 is 1.41 bits per heavy atom. The molecule has 0 amide bonds. The maximum atomic E-state index is 5.61. The summed E-state index contributed by atoms with van der Waals surface area (Å²) in [4.78, 5) is 8.64. The highest BCUT2D eigenvalue weighted by Gasteiger charge is 2.13. The van der Waals surface area contributed by atoms with Crippen molar-refractivity contribution in [2.24, 2.45) is 5.84 Å². The van der Waals surface area contributed by atoms with Crippen LogP contribution in [-0.2, 0) is 6.42 Å². The third-order valence-electron chi connectivity index (χ3n) is 2.54. The van der Waals surface area contributed by atoms with Gasteiger partial charge in [-0.2, -0.15) is 0 Å². The number of nitrogens with two attached hydrogens (primary N) is 1. The van der Waals surface area contributed by atoms with E-state index in [9.17, 15) is 0 Å². The van der Waals surface area contributed by atoms with E-state index in [0.717, 1.165) is 28.2 Å². The van der Waals surface area contributed by atoms with Gasteiger partial charge in [-0.1, -0.05) is 6.07 Å². The summed E-state index contributed by atoms with van der Waals surface area (Å²) in [7, 11) is 0. The zero-order valence-corrected chi connectivity index (χ0v) is 10.8. The molecule has 1 unspecified atom stereocenters. The van der Waals surface area contributed by atoms with E-state index in [1.165, 1.54) is 0 Å². The van der Waals surface area contributed by atoms with Gasteiger partial charge in [-0.25, -0.2) is 4.98 Å². The van der Waals surface area contributed by atoms with Crippen LogP contribution in [0.1, 0.15) is 27.9 Å². The molecule has 0 aliphatic carbocycles. The minimum atomic E-state index is 0.0629. The van der Waals surface area contributed by atoms with Crippen LogP contribution in [0.4, 0.5) is 0 Å². The number of hydrogen-bond acceptors (Lipinski definition) is 5. The Kier molecular flexibility index (Phi) is 3.83. The lowest BCUT2D eigenvalue weighted by molar-refractivity contribution is 0.548. The van der Waals surface area contributed by atoms with E-state index in [-0.39, 0.29) is 6.04 Å². The molecule has 1 atom stereocenters. The first-order chi connectivity index (χ1) is 8.19. The van der Waals surface area contributed by atoms with Gasteiger partial charge in [-0.3, -0.25) is 16.3 Å². The maximum Gasteiger partial charge on any atom is 0.0947 e. The van der Waals surface area contributed by atoms with Gasteiger partial charge in [0.1, 0.15) is 0 Å². The molecule has 0 aliphatic rings. The molecule has 0 aromatic carbocycles. The van der Waals surface area contributed by atoms with Crippen LogP contribution in [0.15, 0.2) is 23.8 Å². The molecule has 2 rings (SSSR count). The van der Waals surface area contributed by atoms with E-state index in [1.807, 2.05) is 26.2 Å². The van der Waals surface area contributed by atoms with Gasteiger partial charge in [0, 0.05) is 29.9 Å². The number of nitrogens with one attached hydrogen (secondary N) is 1. The Balaban J connectivity index is 2.16. The summed E-state index contributed by atoms with van der Waals surface area (Å²) in [5.41, 5.74) is 6.12. The fraction of sp³-hybridized carbons (Fsp3) is 0.333. The van der Waals surface area contributed by atoms with Crippen LogP contribution < -0.4 is 11.3 Å². The third kappa shape index (κ3) is 3.09. The Labute approximate surface area is 105 Å². The highest BCUT2D eigenvalue weighted by atomic mass is 32.1. The van der Waals surface area contributed by atoms with E-state index >= 15 is 0 Å². The van der Waals surface area contributed by atoms with Crippen LogP contribution in [-0.4, -0.2) is 9.97 Å². The lowest BCUT2D eigenvalue weighted by atomic mass is 10.1. The van der Waals surface area contributed by atoms with Crippen molar-refractivity contribution in [3.8, 4) is 0 Å². The SMILES string of the molecule is Cc1cncc(C(Cc2nc(C)cs2)NN)c1. The monoisotopic (exact) mass is 248 g/mol. The van der Waals surface area contributed by atoms with E-state index in [4.69, 9.17) is 5.84 Å². The average Bonchev–Trinajstić information content (AvgIpc) is 2.72. The number of pyridine rings is 1. The number of aryl methyl sites for hydroxylation is 2. The van der Waals surface area contributed by atoms with Crippen molar-refractivity contribution in [3.05, 3.63) is 45.7 Å². The standard InChI is InChI=1S/C12H16N4S/c1-8-3-10(6-14-5-8)11(16-13)4-12-15-9(2)7-17-12/h3,5-7,11,16H,4,13H2,1-2H3. The highest BCUT2D eigenvalue weighted by molar-refractivity contribution is 7.09. The van der Waals surface area contributed by atoms with Gasteiger partial charge in [0.25, 0.3) is 0 Å². The van der Waals surface area contributed by atoms with E-state index < -0.39 is 0 Å². The molecule has 90 valence electrons. The van der Waals surface area contributed by atoms with Crippen LogP contribution in [0, 0.1) is 13.8 Å². The Morgan fingerprint density at radius 2 is 2.24 bits per heavy atom. The molecule has 17 heavy (non-hydrogen) atoms. The van der Waals surface area contributed by atoms with Crippen molar-refractivity contribution >= 4 is 11.3 Å². The largest absolute Gasteiger partial charge is 0.271 e. The van der Waals surface area contributed by atoms with Gasteiger partial charge in [0.2, 0.25) is 0 Å². The van der Waals surface area contributed by atoms with Gasteiger partial charge in [0.05, 0.1) is 11.0 Å². The third-order valence-corrected chi connectivity index (χ3v) is 3.53. The number of hydrogen-bond donors (Lipinski definition) is 2. The van der Waals surface area contributed by atoms with Crippen LogP contribution in [0.25, 0.3) is 0 Å². The lowest BCUT2D eigenvalue weighted by Crippen LogP contribution is -2.29. The molecule has 0 radical (unpaired) electrons. The molecule has 0 bridgehead atoms. The Morgan fingerprint density at radius 3 is 2.82 bits per heavy atom. The first kappa shape index (κ1) is 12.2. The highest BCUT2D eigenvalue weighted by Crippen LogP contribution is 2.20. The fourth-order valence-corrected chi connectivity index (χ4v) is 2.53. The van der Waals surface area contributed by atoms with Gasteiger partial charge in [-0.05, 0) is 25.0 Å². The average molecular weight is 248 g/mol. The second kappa shape index (κ2) is 5.35. The molecule has 0 fully saturated rings. The van der Waals surface area contributed by atoms with Gasteiger partial charge in [-0.15, -0.1) is 11.3 Å². The molecule has 2 aromatic heterocycles. The topological polar surface area (TPSA) is 63.8 Å². The summed E-state index contributed by atoms with van der Waals surface area (Å²) in [6.45, 7) is 4.02. The minimum absolute atomic E-state index is 0.0629. The number of nitrogens with zero attached hydrogens (tertiary/aromatic N) is 2. The van der Waals surface area contributed by atoms with E-state index in [2.05, 4.69) is 26.8 Å². The number of hydrazine groups is 1. The van der Waals surface area contributed by atoms with Gasteiger partial charge in [0.15, 0.2) is 0 Å². The lowest BCUT2D eigenvalue weighted by Gasteiger charge is -2.14. The Bertz CT molecular complexity index is 495. The molecule has 5 heteroatoms. The molecule has 4 nitrogen and oxygen atoms in total. The van der Waals surface area contributed by atoms with Crippen molar-refractivity contribution in [3.63, 3.8) is 0 Å². The smallest absolute Gasteiger partial charge is 0.0947 e. The zero-order chi connectivity index (χ0) is 12.3. The molecular formula is C12H16N4S. The molecule has 0 spiro atoms. The molecule has 0 saturated heterocycles. The zero-order valence-electron chi connectivity index (χ0n) is 9.97. The summed E-state index contributed by atoms with van der Waals surface area (Å²) in [6, 6.07) is 2.16. The van der Waals surface area contributed by atoms with Crippen LogP contribution in [0.2, 0.25) is 0 Å². The van der Waals surface area contributed by atoms with Crippen LogP contribution >= 0.6 is 11.3 Å². The first-order valence-corrected chi connectivity index (χ1v) is 6.35. The predicted octanol–water partition coefficient (Wildman–Crippen LogP) is 1.90. The van der Waals surface area contributed by atoms with Crippen molar-refractivity contribution < 1.29 is 0 Å². The van der Waals surface area contributed by atoms with Crippen molar-refractivity contribution in [2.45, 2.75) is 26.3 Å². The number of thiazole rings is 1. The molecule has 3 N–H and O–H groups in total. The normalized spacial score (nSPS) is 12.6. The van der Waals surface area contributed by atoms with Crippen LogP contribution in [0.3, 0.4) is 0 Å². The second-order valence-corrected chi connectivity index (χ2v) is 5.04. The quantitative estimate of drug-likeness (QED) is 0.641. The fourth-order valence-electron chi connectivity index (χ4n) is 1.71. The van der Waals surface area contributed by atoms with Gasteiger partial charge < -0.3 is 0 Å². The summed E-state index contributed by atoms with van der Waals surface area (Å²) in [5.74, 6) is 5.61. The minimum Gasteiger partial charge on any atom is -0.271 e. The molecule has 0 saturated carbocycles. The molecular weight excluding hydrogens is 232 g/mol. The number of rotatable bonds is 4. The summed E-state index contributed by atoms with van der Waals surface area (Å²) >= 11 is 1.67. The van der Waals surface area contributed by atoms with Crippen LogP contribution in [0.5, 0.6) is 0 Å². The first-order valence-electron chi connectivity index (χ1n) is 5.47. The van der Waals surface area contributed by atoms with Crippen molar-refractivity contribution in [1.82, 2.24) is 15.4 Å². The van der Waals surface area contributed by atoms with Crippen molar-refractivity contribution in [1.29, 1.82) is 0 Å². The van der Waals surface area contributed by atoms with Crippen molar-refractivity contribution in [2.75, 3.05) is 0 Å². The summed E-state index contributed by atoms with van der Waals surface area (Å²) < 4.78 is 0. The van der Waals surface area contributed by atoms with E-state index in [1.54, 1.807) is 11.3 Å². The Hall–Kier alpha value is -1.30. The molecule has 2 heterocycles. The summed E-state index contributed by atoms with van der Waals surface area (Å²) in [5, 5.41) is 3.14. The maximum absolute atomic E-state index is 5.61. The molecule has 0 aliphatic heterocycles.